The number of anilines is 1. The topological polar surface area (TPSA) is 74.8 Å². The summed E-state index contributed by atoms with van der Waals surface area (Å²) in [6, 6.07) is 5.93. The molecule has 2 N–H and O–H groups in total. The van der Waals surface area contributed by atoms with Gasteiger partial charge in [0.05, 0.1) is 6.42 Å². The molecule has 0 aliphatic heterocycles. The number of aryl methyl sites for hydroxylation is 4. The quantitative estimate of drug-likeness (QED) is 0.910. The highest BCUT2D eigenvalue weighted by Crippen LogP contribution is 2.21. The number of rotatable bonds is 4. The lowest BCUT2D eigenvalue weighted by atomic mass is 10.1. The fourth-order valence-electron chi connectivity index (χ4n) is 2.51. The van der Waals surface area contributed by atoms with Gasteiger partial charge in [-0.05, 0) is 38.3 Å². The molecule has 0 unspecified atom stereocenters. The van der Waals surface area contributed by atoms with E-state index in [-0.39, 0.29) is 17.9 Å². The summed E-state index contributed by atoms with van der Waals surface area (Å²) in [4.78, 5) is 31.1. The van der Waals surface area contributed by atoms with E-state index in [0.29, 0.717) is 17.1 Å². The average molecular weight is 299 g/mol. The largest absolute Gasteiger partial charge is 0.325 e. The van der Waals surface area contributed by atoms with E-state index in [2.05, 4.69) is 15.3 Å². The number of aromatic nitrogens is 2. The number of carbonyl (C=O) groups excluding carboxylic acids is 1. The van der Waals surface area contributed by atoms with Crippen molar-refractivity contribution in [3.05, 3.63) is 56.8 Å². The predicted molar refractivity (Wildman–Crippen MR) is 87.2 cm³/mol. The van der Waals surface area contributed by atoms with Gasteiger partial charge in [-0.25, -0.2) is 4.98 Å². The number of hydrogen-bond acceptors (Lipinski definition) is 3. The Morgan fingerprint density at radius 1 is 1.27 bits per heavy atom. The maximum atomic E-state index is 12.3. The highest BCUT2D eigenvalue weighted by Gasteiger charge is 2.14. The Balaban J connectivity index is 2.24. The van der Waals surface area contributed by atoms with Crippen LogP contribution in [-0.2, 0) is 17.6 Å². The molecule has 5 heteroatoms. The van der Waals surface area contributed by atoms with Crippen LogP contribution in [-0.4, -0.2) is 15.9 Å². The average Bonchev–Trinajstić information content (AvgIpc) is 2.45. The summed E-state index contributed by atoms with van der Waals surface area (Å²) in [5.74, 6) is 0.349. The molecule has 0 aliphatic rings. The standard InChI is InChI=1S/C17H21N3O2/c1-5-13-8-6-7-10(2)16(13)20-15(21)9-14-11(3)18-12(4)19-17(14)22/h6-8H,5,9H2,1-4H3,(H,20,21)(H,18,19,22). The van der Waals surface area contributed by atoms with Crippen molar-refractivity contribution in [3.8, 4) is 0 Å². The second-order valence-corrected chi connectivity index (χ2v) is 5.40. The third kappa shape index (κ3) is 3.42. The van der Waals surface area contributed by atoms with E-state index >= 15 is 0 Å². The molecular formula is C17H21N3O2. The second kappa shape index (κ2) is 6.56. The van der Waals surface area contributed by atoms with Crippen molar-refractivity contribution in [2.75, 3.05) is 5.32 Å². The summed E-state index contributed by atoms with van der Waals surface area (Å²) < 4.78 is 0. The lowest BCUT2D eigenvalue weighted by Gasteiger charge is -2.13. The number of nitrogens with one attached hydrogen (secondary N) is 2. The highest BCUT2D eigenvalue weighted by molar-refractivity contribution is 5.93. The third-order valence-electron chi connectivity index (χ3n) is 3.68. The minimum absolute atomic E-state index is 0.0198. The number of aromatic amines is 1. The summed E-state index contributed by atoms with van der Waals surface area (Å²) in [5, 5.41) is 2.93. The van der Waals surface area contributed by atoms with E-state index < -0.39 is 0 Å². The zero-order chi connectivity index (χ0) is 16.3. The van der Waals surface area contributed by atoms with Crippen LogP contribution in [0.1, 0.15) is 35.1 Å². The van der Waals surface area contributed by atoms with E-state index in [1.807, 2.05) is 32.0 Å². The molecule has 2 rings (SSSR count). The first kappa shape index (κ1) is 15.9. The van der Waals surface area contributed by atoms with Crippen molar-refractivity contribution in [1.82, 2.24) is 9.97 Å². The van der Waals surface area contributed by atoms with Crippen molar-refractivity contribution < 1.29 is 4.79 Å². The van der Waals surface area contributed by atoms with E-state index in [9.17, 15) is 9.59 Å². The van der Waals surface area contributed by atoms with Crippen molar-refractivity contribution in [2.45, 2.75) is 40.5 Å². The molecule has 1 heterocycles. The van der Waals surface area contributed by atoms with Crippen LogP contribution < -0.4 is 10.9 Å². The van der Waals surface area contributed by atoms with Crippen molar-refractivity contribution in [3.63, 3.8) is 0 Å². The normalized spacial score (nSPS) is 10.5. The van der Waals surface area contributed by atoms with Gasteiger partial charge in [0, 0.05) is 16.9 Å². The summed E-state index contributed by atoms with van der Waals surface area (Å²) >= 11 is 0. The molecule has 0 saturated heterocycles. The molecule has 22 heavy (non-hydrogen) atoms. The Kier molecular flexibility index (Phi) is 4.75. The molecule has 0 fully saturated rings. The van der Waals surface area contributed by atoms with E-state index in [4.69, 9.17) is 0 Å². The molecule has 0 spiro atoms. The first-order chi connectivity index (χ1) is 10.4. The van der Waals surface area contributed by atoms with E-state index in [1.165, 1.54) is 0 Å². The van der Waals surface area contributed by atoms with E-state index in [0.717, 1.165) is 23.2 Å². The lowest BCUT2D eigenvalue weighted by Crippen LogP contribution is -2.24. The van der Waals surface area contributed by atoms with Gasteiger partial charge in [0.2, 0.25) is 5.91 Å². The summed E-state index contributed by atoms with van der Waals surface area (Å²) in [6.45, 7) is 7.47. The molecule has 0 bridgehead atoms. The monoisotopic (exact) mass is 299 g/mol. The fourth-order valence-corrected chi connectivity index (χ4v) is 2.51. The van der Waals surface area contributed by atoms with Gasteiger partial charge in [-0.1, -0.05) is 25.1 Å². The van der Waals surface area contributed by atoms with Crippen molar-refractivity contribution >= 4 is 11.6 Å². The zero-order valence-electron chi connectivity index (χ0n) is 13.4. The van der Waals surface area contributed by atoms with Crippen LogP contribution >= 0.6 is 0 Å². The smallest absolute Gasteiger partial charge is 0.254 e. The van der Waals surface area contributed by atoms with Crippen LogP contribution in [0.15, 0.2) is 23.0 Å². The Morgan fingerprint density at radius 2 is 2.00 bits per heavy atom. The van der Waals surface area contributed by atoms with E-state index in [1.54, 1.807) is 13.8 Å². The van der Waals surface area contributed by atoms with Gasteiger partial charge in [-0.3, -0.25) is 9.59 Å². The van der Waals surface area contributed by atoms with Gasteiger partial charge in [0.25, 0.3) is 5.56 Å². The Bertz CT molecular complexity index is 763. The van der Waals surface area contributed by atoms with Crippen LogP contribution in [0.3, 0.4) is 0 Å². The van der Waals surface area contributed by atoms with Crippen LogP contribution in [0.2, 0.25) is 0 Å². The molecule has 1 aromatic carbocycles. The molecule has 0 radical (unpaired) electrons. The number of benzene rings is 1. The van der Waals surface area contributed by atoms with Gasteiger partial charge >= 0.3 is 0 Å². The number of para-hydroxylation sites is 1. The Morgan fingerprint density at radius 3 is 2.64 bits per heavy atom. The number of nitrogens with zero attached hydrogens (tertiary/aromatic N) is 1. The first-order valence-corrected chi connectivity index (χ1v) is 7.37. The highest BCUT2D eigenvalue weighted by atomic mass is 16.2. The summed E-state index contributed by atoms with van der Waals surface area (Å²) in [6.07, 6.45) is 0.856. The fraction of sp³-hybridized carbons (Fsp3) is 0.353. The Labute approximate surface area is 129 Å². The lowest BCUT2D eigenvalue weighted by molar-refractivity contribution is -0.115. The molecular weight excluding hydrogens is 278 g/mol. The maximum absolute atomic E-state index is 12.3. The van der Waals surface area contributed by atoms with Crippen LogP contribution in [0.4, 0.5) is 5.69 Å². The third-order valence-corrected chi connectivity index (χ3v) is 3.68. The molecule has 1 aromatic heterocycles. The molecule has 116 valence electrons. The molecule has 2 aromatic rings. The second-order valence-electron chi connectivity index (χ2n) is 5.40. The van der Waals surface area contributed by atoms with Crippen LogP contribution in [0, 0.1) is 20.8 Å². The van der Waals surface area contributed by atoms with Crippen molar-refractivity contribution in [1.29, 1.82) is 0 Å². The van der Waals surface area contributed by atoms with Crippen LogP contribution in [0.25, 0.3) is 0 Å². The molecule has 1 amide bonds. The molecule has 5 nitrogen and oxygen atoms in total. The number of carbonyl (C=O) groups is 1. The minimum Gasteiger partial charge on any atom is -0.325 e. The number of hydrogen-bond donors (Lipinski definition) is 2. The molecule has 0 atom stereocenters. The van der Waals surface area contributed by atoms with Gasteiger partial charge in [0.1, 0.15) is 5.82 Å². The van der Waals surface area contributed by atoms with Gasteiger partial charge in [-0.2, -0.15) is 0 Å². The number of amides is 1. The van der Waals surface area contributed by atoms with Crippen molar-refractivity contribution in [2.24, 2.45) is 0 Å². The minimum atomic E-state index is -0.249. The first-order valence-electron chi connectivity index (χ1n) is 7.37. The van der Waals surface area contributed by atoms with Crippen LogP contribution in [0.5, 0.6) is 0 Å². The number of H-pyrrole nitrogens is 1. The molecule has 0 aliphatic carbocycles. The predicted octanol–water partition coefficient (Wildman–Crippen LogP) is 2.44. The van der Waals surface area contributed by atoms with Gasteiger partial charge in [0.15, 0.2) is 0 Å². The SMILES string of the molecule is CCc1cccc(C)c1NC(=O)Cc1c(C)nc(C)[nH]c1=O. The zero-order valence-corrected chi connectivity index (χ0v) is 13.4. The molecule has 0 saturated carbocycles. The van der Waals surface area contributed by atoms with Gasteiger partial charge < -0.3 is 10.3 Å². The summed E-state index contributed by atoms with van der Waals surface area (Å²) in [5.41, 5.74) is 3.69. The maximum Gasteiger partial charge on any atom is 0.254 e. The van der Waals surface area contributed by atoms with Gasteiger partial charge in [-0.15, -0.1) is 0 Å². The Hall–Kier alpha value is -2.43. The summed E-state index contributed by atoms with van der Waals surface area (Å²) in [7, 11) is 0.